The molecule has 0 radical (unpaired) electrons. The maximum absolute atomic E-state index is 11.8. The minimum atomic E-state index is -3.76. The van der Waals surface area contributed by atoms with E-state index in [1.54, 1.807) is 0 Å². The van der Waals surface area contributed by atoms with Gasteiger partial charge >= 0.3 is 10.1 Å². The van der Waals surface area contributed by atoms with Crippen molar-refractivity contribution in [1.82, 2.24) is 4.98 Å². The molecular weight excluding hydrogens is 292 g/mol. The molecular formula is C10H12N2O5S2. The second-order valence-corrected chi connectivity index (χ2v) is 7.31. The molecule has 0 aromatic carbocycles. The molecule has 7 nitrogen and oxygen atoms in total. The fraction of sp³-hybridized carbons (Fsp3) is 0.400. The van der Waals surface area contributed by atoms with Crippen LogP contribution < -0.4 is 4.18 Å². The van der Waals surface area contributed by atoms with Gasteiger partial charge in [0.15, 0.2) is 14.9 Å². The van der Waals surface area contributed by atoms with Gasteiger partial charge in [-0.1, -0.05) is 6.07 Å². The summed E-state index contributed by atoms with van der Waals surface area (Å²) in [5.74, 6) is -0.528. The van der Waals surface area contributed by atoms with Crippen LogP contribution in [0, 0.1) is 11.3 Å². The van der Waals surface area contributed by atoms with E-state index in [0.29, 0.717) is 0 Å². The fourth-order valence-corrected chi connectivity index (χ4v) is 2.87. The van der Waals surface area contributed by atoms with Gasteiger partial charge in [0, 0.05) is 12.5 Å². The molecule has 0 fully saturated rings. The number of rotatable bonds is 6. The molecule has 0 aliphatic carbocycles. The second kappa shape index (κ2) is 5.99. The summed E-state index contributed by atoms with van der Waals surface area (Å²) in [6.45, 7) is 0. The zero-order valence-corrected chi connectivity index (χ0v) is 11.7. The van der Waals surface area contributed by atoms with E-state index in [1.807, 2.05) is 6.07 Å². The van der Waals surface area contributed by atoms with Crippen molar-refractivity contribution in [2.45, 2.75) is 17.9 Å². The minimum Gasteiger partial charge on any atom is -0.362 e. The Kier molecular flexibility index (Phi) is 4.85. The Morgan fingerprint density at radius 1 is 1.32 bits per heavy atom. The van der Waals surface area contributed by atoms with E-state index in [9.17, 15) is 16.8 Å². The van der Waals surface area contributed by atoms with E-state index in [2.05, 4.69) is 9.17 Å². The van der Waals surface area contributed by atoms with Crippen molar-refractivity contribution >= 4 is 20.0 Å². The molecule has 1 aromatic rings. The summed E-state index contributed by atoms with van der Waals surface area (Å²) in [7, 11) is -7.41. The smallest absolute Gasteiger partial charge is 0.307 e. The normalized spacial score (nSPS) is 11.8. The summed E-state index contributed by atoms with van der Waals surface area (Å²) in [5.41, 5.74) is 0. The predicted octanol–water partition coefficient (Wildman–Crippen LogP) is 0.497. The SMILES string of the molecule is CS(=O)(=O)Oc1cccc(S(=O)(=O)CCCC#N)n1. The summed E-state index contributed by atoms with van der Waals surface area (Å²) < 4.78 is 50.1. The molecule has 1 aromatic heterocycles. The van der Waals surface area contributed by atoms with Crippen molar-refractivity contribution in [1.29, 1.82) is 5.26 Å². The Morgan fingerprint density at radius 2 is 2.00 bits per heavy atom. The maximum atomic E-state index is 11.8. The van der Waals surface area contributed by atoms with Crippen LogP contribution in [0.15, 0.2) is 23.2 Å². The van der Waals surface area contributed by atoms with E-state index in [1.165, 1.54) is 18.2 Å². The third kappa shape index (κ3) is 5.23. The van der Waals surface area contributed by atoms with Gasteiger partial charge in [-0.15, -0.1) is 0 Å². The van der Waals surface area contributed by atoms with Gasteiger partial charge in [0.2, 0.25) is 5.88 Å². The number of nitriles is 1. The average Bonchev–Trinajstić information content (AvgIpc) is 2.27. The van der Waals surface area contributed by atoms with Crippen molar-refractivity contribution < 1.29 is 21.0 Å². The van der Waals surface area contributed by atoms with Gasteiger partial charge in [-0.05, 0) is 12.5 Å². The van der Waals surface area contributed by atoms with Crippen LogP contribution in [0.4, 0.5) is 0 Å². The first-order chi connectivity index (χ1) is 8.74. The lowest BCUT2D eigenvalue weighted by Crippen LogP contribution is -2.11. The standard InChI is InChI=1S/C10H12N2O5S2/c1-18(13,14)17-9-5-4-6-10(12-9)19(15,16)8-3-2-7-11/h4-6H,2-3,8H2,1H3. The molecule has 9 heteroatoms. The summed E-state index contributed by atoms with van der Waals surface area (Å²) >= 11 is 0. The molecule has 0 aliphatic rings. The Bertz CT molecular complexity index is 689. The number of unbranched alkanes of at least 4 members (excludes halogenated alkanes) is 1. The lowest BCUT2D eigenvalue weighted by Gasteiger charge is -2.05. The van der Waals surface area contributed by atoms with Gasteiger partial charge in [-0.25, -0.2) is 13.4 Å². The van der Waals surface area contributed by atoms with Crippen molar-refractivity contribution in [2.75, 3.05) is 12.0 Å². The number of pyridine rings is 1. The first kappa shape index (κ1) is 15.4. The number of nitrogens with zero attached hydrogens (tertiary/aromatic N) is 2. The molecule has 0 spiro atoms. The molecule has 104 valence electrons. The molecule has 0 amide bonds. The minimum absolute atomic E-state index is 0.124. The monoisotopic (exact) mass is 304 g/mol. The van der Waals surface area contributed by atoms with E-state index >= 15 is 0 Å². The van der Waals surface area contributed by atoms with Gasteiger partial charge in [0.1, 0.15) is 0 Å². The number of hydrogen-bond acceptors (Lipinski definition) is 7. The molecule has 0 saturated heterocycles. The Hall–Kier alpha value is -1.66. The molecule has 0 atom stereocenters. The van der Waals surface area contributed by atoms with Crippen molar-refractivity contribution in [3.05, 3.63) is 18.2 Å². The molecule has 0 saturated carbocycles. The van der Waals surface area contributed by atoms with Crippen LogP contribution in [0.2, 0.25) is 0 Å². The Labute approximate surface area is 111 Å². The predicted molar refractivity (Wildman–Crippen MR) is 66.6 cm³/mol. The van der Waals surface area contributed by atoms with Crippen LogP contribution in [-0.2, 0) is 20.0 Å². The molecule has 0 N–H and O–H groups in total. The van der Waals surface area contributed by atoms with Gasteiger partial charge in [-0.3, -0.25) is 0 Å². The van der Waals surface area contributed by atoms with E-state index in [0.717, 1.165) is 6.26 Å². The van der Waals surface area contributed by atoms with Gasteiger partial charge in [-0.2, -0.15) is 13.7 Å². The molecule has 1 rings (SSSR count). The van der Waals surface area contributed by atoms with Crippen LogP contribution in [-0.4, -0.2) is 33.8 Å². The number of hydrogen-bond donors (Lipinski definition) is 0. The largest absolute Gasteiger partial charge is 0.362 e. The van der Waals surface area contributed by atoms with Crippen LogP contribution in [0.25, 0.3) is 0 Å². The lowest BCUT2D eigenvalue weighted by molar-refractivity contribution is 0.478. The zero-order chi connectivity index (χ0) is 14.5. The van der Waals surface area contributed by atoms with E-state index in [4.69, 9.17) is 5.26 Å². The zero-order valence-electron chi connectivity index (χ0n) is 10.1. The highest BCUT2D eigenvalue weighted by molar-refractivity contribution is 7.91. The molecule has 0 bridgehead atoms. The summed E-state index contributed by atoms with van der Waals surface area (Å²) in [6, 6.07) is 5.68. The molecule has 0 aliphatic heterocycles. The van der Waals surface area contributed by atoms with Gasteiger partial charge < -0.3 is 4.18 Å². The van der Waals surface area contributed by atoms with Crippen molar-refractivity contribution in [3.8, 4) is 11.9 Å². The Morgan fingerprint density at radius 3 is 2.58 bits per heavy atom. The highest BCUT2D eigenvalue weighted by Crippen LogP contribution is 2.15. The van der Waals surface area contributed by atoms with Crippen LogP contribution in [0.3, 0.4) is 0 Å². The topological polar surface area (TPSA) is 114 Å². The van der Waals surface area contributed by atoms with Crippen LogP contribution in [0.5, 0.6) is 5.88 Å². The van der Waals surface area contributed by atoms with E-state index < -0.39 is 20.0 Å². The number of aromatic nitrogens is 1. The molecule has 1 heterocycles. The van der Waals surface area contributed by atoms with Crippen molar-refractivity contribution in [2.24, 2.45) is 0 Å². The summed E-state index contributed by atoms with van der Waals surface area (Å²) in [4.78, 5) is 3.64. The molecule has 0 unspecified atom stereocenters. The summed E-state index contributed by atoms with van der Waals surface area (Å²) in [5, 5.41) is 8.09. The third-order valence-corrected chi connectivity index (χ3v) is 4.12. The lowest BCUT2D eigenvalue weighted by atomic mass is 10.4. The first-order valence-corrected chi connectivity index (χ1v) is 8.68. The van der Waals surface area contributed by atoms with Crippen molar-refractivity contribution in [3.63, 3.8) is 0 Å². The van der Waals surface area contributed by atoms with Crippen LogP contribution >= 0.6 is 0 Å². The van der Waals surface area contributed by atoms with E-state index in [-0.39, 0.29) is 29.5 Å². The van der Waals surface area contributed by atoms with Gasteiger partial charge in [0.05, 0.1) is 18.1 Å². The quantitative estimate of drug-likeness (QED) is 0.555. The highest BCUT2D eigenvalue weighted by Gasteiger charge is 2.17. The summed E-state index contributed by atoms with van der Waals surface area (Å²) in [6.07, 6.45) is 1.15. The fourth-order valence-electron chi connectivity index (χ4n) is 1.22. The van der Waals surface area contributed by atoms with Crippen LogP contribution in [0.1, 0.15) is 12.8 Å². The average molecular weight is 304 g/mol. The first-order valence-electron chi connectivity index (χ1n) is 5.21. The Balaban J connectivity index is 2.96. The second-order valence-electron chi connectivity index (χ2n) is 3.68. The number of sulfone groups is 1. The van der Waals surface area contributed by atoms with Gasteiger partial charge in [0.25, 0.3) is 0 Å². The maximum Gasteiger partial charge on any atom is 0.307 e. The highest BCUT2D eigenvalue weighted by atomic mass is 32.2. The third-order valence-electron chi connectivity index (χ3n) is 1.96. The molecule has 19 heavy (non-hydrogen) atoms.